The first kappa shape index (κ1) is 15.5. The van der Waals surface area contributed by atoms with Crippen LogP contribution in [0.4, 0.5) is 0 Å². The highest BCUT2D eigenvalue weighted by Gasteiger charge is 2.29. The Bertz CT molecular complexity index is 410. The smallest absolute Gasteiger partial charge is 0.0641 e. The van der Waals surface area contributed by atoms with Crippen LogP contribution < -0.4 is 5.32 Å². The molecule has 2 unspecified atom stereocenters. The molecule has 0 aliphatic carbocycles. The fraction of sp³-hybridized carbons (Fsp3) is 0.667. The summed E-state index contributed by atoms with van der Waals surface area (Å²) in [4.78, 5) is 0. The highest BCUT2D eigenvalue weighted by molar-refractivity contribution is 5.25. The molecule has 2 atom stereocenters. The summed E-state index contributed by atoms with van der Waals surface area (Å²) in [5.74, 6) is 0. The lowest BCUT2D eigenvalue weighted by molar-refractivity contribution is -0.0639. The van der Waals surface area contributed by atoms with Crippen LogP contribution in [-0.4, -0.2) is 18.2 Å². The number of nitrogens with one attached hydrogen (secondary N) is 1. The van der Waals surface area contributed by atoms with Crippen molar-refractivity contribution in [2.24, 2.45) is 0 Å². The molecule has 1 aliphatic heterocycles. The van der Waals surface area contributed by atoms with Gasteiger partial charge in [-0.25, -0.2) is 0 Å². The number of aryl methyl sites for hydroxylation is 1. The van der Waals surface area contributed by atoms with Crippen LogP contribution in [0.5, 0.6) is 0 Å². The molecular formula is C18H29NO. The Labute approximate surface area is 123 Å². The second-order valence-corrected chi connectivity index (χ2v) is 6.68. The van der Waals surface area contributed by atoms with E-state index in [9.17, 15) is 0 Å². The minimum atomic E-state index is 0.0145. The third-order valence-corrected chi connectivity index (χ3v) is 4.20. The van der Waals surface area contributed by atoms with Crippen molar-refractivity contribution in [1.82, 2.24) is 5.32 Å². The first-order valence-corrected chi connectivity index (χ1v) is 7.99. The van der Waals surface area contributed by atoms with E-state index in [-0.39, 0.29) is 5.60 Å². The summed E-state index contributed by atoms with van der Waals surface area (Å²) < 4.78 is 5.79. The van der Waals surface area contributed by atoms with Gasteiger partial charge in [0.15, 0.2) is 0 Å². The van der Waals surface area contributed by atoms with Crippen molar-refractivity contribution >= 4 is 0 Å². The van der Waals surface area contributed by atoms with Crippen molar-refractivity contribution < 1.29 is 4.74 Å². The Morgan fingerprint density at radius 3 is 2.60 bits per heavy atom. The van der Waals surface area contributed by atoms with Crippen LogP contribution in [0.2, 0.25) is 0 Å². The molecule has 112 valence electrons. The van der Waals surface area contributed by atoms with Gasteiger partial charge in [-0.3, -0.25) is 0 Å². The van der Waals surface area contributed by atoms with Crippen LogP contribution in [0.25, 0.3) is 0 Å². The minimum Gasteiger partial charge on any atom is -0.375 e. The fourth-order valence-electron chi connectivity index (χ4n) is 3.09. The van der Waals surface area contributed by atoms with Crippen molar-refractivity contribution in [3.05, 3.63) is 35.4 Å². The molecule has 0 bridgehead atoms. The molecule has 0 amide bonds. The third-order valence-electron chi connectivity index (χ3n) is 4.20. The second kappa shape index (κ2) is 6.73. The molecule has 2 heteroatoms. The lowest BCUT2D eigenvalue weighted by Gasteiger charge is -2.37. The van der Waals surface area contributed by atoms with Gasteiger partial charge in [-0.2, -0.15) is 0 Å². The Kier molecular flexibility index (Phi) is 5.22. The van der Waals surface area contributed by atoms with Crippen LogP contribution in [0.15, 0.2) is 24.3 Å². The molecule has 2 rings (SSSR count). The largest absolute Gasteiger partial charge is 0.375 e. The van der Waals surface area contributed by atoms with E-state index in [2.05, 4.69) is 57.3 Å². The molecule has 1 aromatic carbocycles. The maximum absolute atomic E-state index is 5.79. The predicted octanol–water partition coefficient (Wildman–Crippen LogP) is 4.25. The second-order valence-electron chi connectivity index (χ2n) is 6.68. The Balaban J connectivity index is 1.92. The van der Waals surface area contributed by atoms with Crippen molar-refractivity contribution in [1.29, 1.82) is 0 Å². The number of rotatable bonds is 5. The zero-order valence-corrected chi connectivity index (χ0v) is 13.4. The first-order valence-electron chi connectivity index (χ1n) is 7.99. The molecule has 20 heavy (non-hydrogen) atoms. The zero-order chi connectivity index (χ0) is 14.6. The average Bonchev–Trinajstić information content (AvgIpc) is 2.38. The predicted molar refractivity (Wildman–Crippen MR) is 85.0 cm³/mol. The summed E-state index contributed by atoms with van der Waals surface area (Å²) in [5, 5.41) is 3.76. The van der Waals surface area contributed by atoms with E-state index in [0.29, 0.717) is 12.1 Å². The van der Waals surface area contributed by atoms with E-state index in [1.807, 2.05) is 0 Å². The number of ether oxygens (including phenoxy) is 1. The molecule has 1 heterocycles. The van der Waals surface area contributed by atoms with Gasteiger partial charge in [0.25, 0.3) is 0 Å². The van der Waals surface area contributed by atoms with E-state index < -0.39 is 0 Å². The van der Waals surface area contributed by atoms with Gasteiger partial charge < -0.3 is 10.1 Å². The molecule has 0 aromatic heterocycles. The lowest BCUT2D eigenvalue weighted by Crippen LogP contribution is -2.44. The molecule has 2 nitrogen and oxygen atoms in total. The molecule has 1 saturated heterocycles. The molecular weight excluding hydrogens is 246 g/mol. The molecule has 0 saturated carbocycles. The van der Waals surface area contributed by atoms with Crippen LogP contribution in [0, 0.1) is 0 Å². The Morgan fingerprint density at radius 1 is 1.30 bits per heavy atom. The molecule has 0 radical (unpaired) electrons. The number of hydrogen-bond donors (Lipinski definition) is 1. The molecule has 0 spiro atoms. The average molecular weight is 275 g/mol. The normalized spacial score (nSPS) is 23.5. The highest BCUT2D eigenvalue weighted by atomic mass is 16.5. The van der Waals surface area contributed by atoms with Gasteiger partial charge in [-0.15, -0.1) is 0 Å². The minimum absolute atomic E-state index is 0.0145. The summed E-state index contributed by atoms with van der Waals surface area (Å²) in [6.07, 6.45) is 4.59. The van der Waals surface area contributed by atoms with Crippen LogP contribution in [0.1, 0.15) is 64.1 Å². The maximum Gasteiger partial charge on any atom is 0.0641 e. The van der Waals surface area contributed by atoms with Crippen molar-refractivity contribution in [3.63, 3.8) is 0 Å². The van der Waals surface area contributed by atoms with Crippen LogP contribution in [0.3, 0.4) is 0 Å². The van der Waals surface area contributed by atoms with Gasteiger partial charge in [0, 0.05) is 18.7 Å². The van der Waals surface area contributed by atoms with Gasteiger partial charge in [0.2, 0.25) is 0 Å². The van der Waals surface area contributed by atoms with Gasteiger partial charge in [0.05, 0.1) is 5.60 Å². The van der Waals surface area contributed by atoms with Crippen molar-refractivity contribution in [2.45, 2.75) is 71.1 Å². The topological polar surface area (TPSA) is 21.3 Å². The maximum atomic E-state index is 5.79. The van der Waals surface area contributed by atoms with E-state index >= 15 is 0 Å². The Hall–Kier alpha value is -0.860. The third kappa shape index (κ3) is 4.32. The van der Waals surface area contributed by atoms with E-state index in [4.69, 9.17) is 4.74 Å². The van der Waals surface area contributed by atoms with E-state index in [1.165, 1.54) is 24.0 Å². The number of hydrogen-bond acceptors (Lipinski definition) is 2. The fourth-order valence-corrected chi connectivity index (χ4v) is 3.09. The van der Waals surface area contributed by atoms with Gasteiger partial charge >= 0.3 is 0 Å². The quantitative estimate of drug-likeness (QED) is 0.867. The SMILES string of the molecule is CCCc1ccc(C(C)NC2CCOC(C)(C)C2)cc1. The first-order chi connectivity index (χ1) is 9.50. The summed E-state index contributed by atoms with van der Waals surface area (Å²) in [5.41, 5.74) is 2.84. The number of benzene rings is 1. The molecule has 1 aromatic rings. The van der Waals surface area contributed by atoms with Gasteiger partial charge in [-0.05, 0) is 51.2 Å². The molecule has 1 fully saturated rings. The lowest BCUT2D eigenvalue weighted by atomic mass is 9.93. The van der Waals surface area contributed by atoms with Crippen LogP contribution >= 0.6 is 0 Å². The Morgan fingerprint density at radius 2 is 2.00 bits per heavy atom. The summed E-state index contributed by atoms with van der Waals surface area (Å²) in [6.45, 7) is 9.73. The summed E-state index contributed by atoms with van der Waals surface area (Å²) >= 11 is 0. The molecule has 1 aliphatic rings. The van der Waals surface area contributed by atoms with Crippen LogP contribution in [-0.2, 0) is 11.2 Å². The zero-order valence-electron chi connectivity index (χ0n) is 13.4. The summed E-state index contributed by atoms with van der Waals surface area (Å²) in [7, 11) is 0. The van der Waals surface area contributed by atoms with E-state index in [0.717, 1.165) is 19.4 Å². The van der Waals surface area contributed by atoms with Crippen molar-refractivity contribution in [3.8, 4) is 0 Å². The standard InChI is InChI=1S/C18H29NO/c1-5-6-15-7-9-16(10-8-15)14(2)19-17-11-12-20-18(3,4)13-17/h7-10,14,17,19H,5-6,11-13H2,1-4H3. The van der Waals surface area contributed by atoms with Gasteiger partial charge in [0.1, 0.15) is 0 Å². The monoisotopic (exact) mass is 275 g/mol. The summed E-state index contributed by atoms with van der Waals surface area (Å²) in [6, 6.07) is 10.0. The van der Waals surface area contributed by atoms with E-state index in [1.54, 1.807) is 0 Å². The van der Waals surface area contributed by atoms with Crippen molar-refractivity contribution in [2.75, 3.05) is 6.61 Å². The molecule has 1 N–H and O–H groups in total. The van der Waals surface area contributed by atoms with Gasteiger partial charge in [-0.1, -0.05) is 37.6 Å². The highest BCUT2D eigenvalue weighted by Crippen LogP contribution is 2.26.